The summed E-state index contributed by atoms with van der Waals surface area (Å²) in [6.45, 7) is 3.63. The molecule has 2 unspecified atom stereocenters. The van der Waals surface area contributed by atoms with E-state index in [9.17, 15) is 0 Å². The first kappa shape index (κ1) is 10.4. The minimum atomic E-state index is 0.822. The Bertz CT molecular complexity index is 164. The molecule has 1 aliphatic carbocycles. The van der Waals surface area contributed by atoms with Crippen LogP contribution in [0.3, 0.4) is 0 Å². The van der Waals surface area contributed by atoms with Crippen LogP contribution in [0.4, 0.5) is 0 Å². The highest BCUT2D eigenvalue weighted by atomic mass is 15.2. The summed E-state index contributed by atoms with van der Waals surface area (Å²) in [6.07, 6.45) is 9.84. The van der Waals surface area contributed by atoms with E-state index in [-0.39, 0.29) is 0 Å². The molecule has 2 rings (SSSR count). The Morgan fingerprint density at radius 1 is 0.929 bits per heavy atom. The van der Waals surface area contributed by atoms with Gasteiger partial charge in [-0.2, -0.15) is 0 Å². The van der Waals surface area contributed by atoms with Gasteiger partial charge >= 0.3 is 0 Å². The van der Waals surface area contributed by atoms with Crippen LogP contribution in [0.1, 0.15) is 44.9 Å². The van der Waals surface area contributed by atoms with E-state index >= 15 is 0 Å². The van der Waals surface area contributed by atoms with Crippen LogP contribution in [0.5, 0.6) is 0 Å². The minimum absolute atomic E-state index is 0.822. The van der Waals surface area contributed by atoms with Gasteiger partial charge in [0.25, 0.3) is 0 Å². The molecule has 0 aromatic heterocycles. The molecule has 2 nitrogen and oxygen atoms in total. The molecule has 0 amide bonds. The summed E-state index contributed by atoms with van der Waals surface area (Å²) in [5, 5.41) is 0. The third-order valence-electron chi connectivity index (χ3n) is 4.05. The molecule has 2 heteroatoms. The molecule has 2 atom stereocenters. The lowest BCUT2D eigenvalue weighted by Gasteiger charge is -2.26. The fraction of sp³-hybridized carbons (Fsp3) is 1.00. The van der Waals surface area contributed by atoms with Gasteiger partial charge in [-0.1, -0.05) is 6.42 Å². The van der Waals surface area contributed by atoms with Crippen molar-refractivity contribution in [2.24, 2.45) is 11.7 Å². The largest absolute Gasteiger partial charge is 0.330 e. The summed E-state index contributed by atoms with van der Waals surface area (Å²) in [5.41, 5.74) is 5.76. The van der Waals surface area contributed by atoms with Crippen molar-refractivity contribution in [1.82, 2.24) is 4.90 Å². The maximum atomic E-state index is 5.76. The van der Waals surface area contributed by atoms with Gasteiger partial charge in [0.05, 0.1) is 0 Å². The lowest BCUT2D eigenvalue weighted by Crippen LogP contribution is -2.32. The summed E-state index contributed by atoms with van der Waals surface area (Å²) >= 11 is 0. The molecule has 0 aromatic rings. The Morgan fingerprint density at radius 3 is 2.43 bits per heavy atom. The van der Waals surface area contributed by atoms with Gasteiger partial charge in [0.2, 0.25) is 0 Å². The predicted molar refractivity (Wildman–Crippen MR) is 60.2 cm³/mol. The van der Waals surface area contributed by atoms with E-state index < -0.39 is 0 Å². The minimum Gasteiger partial charge on any atom is -0.330 e. The van der Waals surface area contributed by atoms with Crippen molar-refractivity contribution < 1.29 is 0 Å². The van der Waals surface area contributed by atoms with Crippen molar-refractivity contribution in [3.8, 4) is 0 Å². The van der Waals surface area contributed by atoms with E-state index in [2.05, 4.69) is 4.90 Å². The lowest BCUT2D eigenvalue weighted by molar-refractivity contribution is 0.219. The monoisotopic (exact) mass is 196 g/mol. The zero-order valence-electron chi connectivity index (χ0n) is 9.25. The van der Waals surface area contributed by atoms with Crippen LogP contribution >= 0.6 is 0 Å². The molecule has 1 aliphatic heterocycles. The number of likely N-dealkylation sites (tertiary alicyclic amines) is 1. The van der Waals surface area contributed by atoms with Gasteiger partial charge in [-0.05, 0) is 64.1 Å². The first-order valence-corrected chi connectivity index (χ1v) is 6.34. The highest BCUT2D eigenvalue weighted by Crippen LogP contribution is 2.27. The average molecular weight is 196 g/mol. The third-order valence-corrected chi connectivity index (χ3v) is 4.05. The Hall–Kier alpha value is -0.0800. The van der Waals surface area contributed by atoms with Gasteiger partial charge in [0, 0.05) is 6.04 Å². The molecule has 1 saturated carbocycles. The molecule has 2 fully saturated rings. The van der Waals surface area contributed by atoms with Crippen molar-refractivity contribution in [2.45, 2.75) is 51.0 Å². The van der Waals surface area contributed by atoms with Crippen LogP contribution < -0.4 is 5.73 Å². The first-order chi connectivity index (χ1) is 6.90. The second kappa shape index (κ2) is 5.13. The number of rotatable bonds is 2. The van der Waals surface area contributed by atoms with E-state index in [0.717, 1.165) is 18.5 Å². The Morgan fingerprint density at radius 2 is 1.71 bits per heavy atom. The number of hydrogen-bond donors (Lipinski definition) is 1. The molecule has 0 bridgehead atoms. The quantitative estimate of drug-likeness (QED) is 0.684. The molecule has 2 N–H and O–H groups in total. The highest BCUT2D eigenvalue weighted by molar-refractivity contribution is 4.80. The van der Waals surface area contributed by atoms with Crippen LogP contribution in [0.2, 0.25) is 0 Å². The van der Waals surface area contributed by atoms with Crippen molar-refractivity contribution in [1.29, 1.82) is 0 Å². The van der Waals surface area contributed by atoms with Crippen molar-refractivity contribution in [2.75, 3.05) is 19.6 Å². The van der Waals surface area contributed by atoms with E-state index in [4.69, 9.17) is 5.73 Å². The maximum absolute atomic E-state index is 5.76. The summed E-state index contributed by atoms with van der Waals surface area (Å²) in [7, 11) is 0. The molecule has 0 radical (unpaired) electrons. The molecular formula is C12H24N2. The summed E-state index contributed by atoms with van der Waals surface area (Å²) < 4.78 is 0. The molecule has 0 aromatic carbocycles. The highest BCUT2D eigenvalue weighted by Gasteiger charge is 2.24. The topological polar surface area (TPSA) is 29.3 Å². The van der Waals surface area contributed by atoms with E-state index in [0.29, 0.717) is 0 Å². The molecule has 82 valence electrons. The molecule has 1 saturated heterocycles. The van der Waals surface area contributed by atoms with Gasteiger partial charge in [-0.3, -0.25) is 0 Å². The van der Waals surface area contributed by atoms with Gasteiger partial charge in [-0.25, -0.2) is 0 Å². The summed E-state index contributed by atoms with van der Waals surface area (Å²) in [6, 6.07) is 0.897. The predicted octanol–water partition coefficient (Wildman–Crippen LogP) is 1.99. The van der Waals surface area contributed by atoms with Crippen LogP contribution in [0.15, 0.2) is 0 Å². The maximum Gasteiger partial charge on any atom is 0.00953 e. The van der Waals surface area contributed by atoms with Crippen molar-refractivity contribution in [3.63, 3.8) is 0 Å². The number of hydrogen-bond acceptors (Lipinski definition) is 2. The SMILES string of the molecule is NCC1CCCC(N2CCCC2)CC1. The number of nitrogens with two attached hydrogens (primary N) is 1. The van der Waals surface area contributed by atoms with E-state index in [1.807, 2.05) is 0 Å². The van der Waals surface area contributed by atoms with Crippen LogP contribution in [0.25, 0.3) is 0 Å². The molecule has 0 spiro atoms. The molecule has 2 aliphatic rings. The van der Waals surface area contributed by atoms with Crippen LogP contribution in [-0.4, -0.2) is 30.6 Å². The van der Waals surface area contributed by atoms with Gasteiger partial charge in [0.15, 0.2) is 0 Å². The third kappa shape index (κ3) is 2.48. The van der Waals surface area contributed by atoms with Gasteiger partial charge in [-0.15, -0.1) is 0 Å². The zero-order chi connectivity index (χ0) is 9.80. The lowest BCUT2D eigenvalue weighted by atomic mass is 10.0. The van der Waals surface area contributed by atoms with Crippen LogP contribution in [-0.2, 0) is 0 Å². The first-order valence-electron chi connectivity index (χ1n) is 6.34. The standard InChI is InChI=1S/C12H24N2/c13-10-11-4-3-5-12(7-6-11)14-8-1-2-9-14/h11-12H,1-10,13H2. The van der Waals surface area contributed by atoms with E-state index in [1.54, 1.807) is 0 Å². The molecule has 1 heterocycles. The fourth-order valence-electron chi connectivity index (χ4n) is 3.07. The van der Waals surface area contributed by atoms with Crippen LogP contribution in [0, 0.1) is 5.92 Å². The zero-order valence-corrected chi connectivity index (χ0v) is 9.25. The Kier molecular flexibility index (Phi) is 3.82. The number of nitrogens with zero attached hydrogens (tertiary/aromatic N) is 1. The fourth-order valence-corrected chi connectivity index (χ4v) is 3.07. The normalized spacial score (nSPS) is 35.8. The van der Waals surface area contributed by atoms with E-state index in [1.165, 1.54) is 58.0 Å². The van der Waals surface area contributed by atoms with Crippen molar-refractivity contribution >= 4 is 0 Å². The van der Waals surface area contributed by atoms with Gasteiger partial charge < -0.3 is 10.6 Å². The van der Waals surface area contributed by atoms with Gasteiger partial charge in [0.1, 0.15) is 0 Å². The summed E-state index contributed by atoms with van der Waals surface area (Å²) in [5.74, 6) is 0.822. The second-order valence-electron chi connectivity index (χ2n) is 5.01. The smallest absolute Gasteiger partial charge is 0.00953 e. The molecular weight excluding hydrogens is 172 g/mol. The Balaban J connectivity index is 1.82. The Labute approximate surface area is 87.8 Å². The molecule has 14 heavy (non-hydrogen) atoms. The second-order valence-corrected chi connectivity index (χ2v) is 5.01. The van der Waals surface area contributed by atoms with Crippen molar-refractivity contribution in [3.05, 3.63) is 0 Å². The summed E-state index contributed by atoms with van der Waals surface area (Å²) in [4.78, 5) is 2.72. The average Bonchev–Trinajstić information content (AvgIpc) is 2.63.